The monoisotopic (exact) mass is 794 g/mol. The van der Waals surface area contributed by atoms with Gasteiger partial charge >= 0.3 is 0 Å². The first kappa shape index (κ1) is 38.3. The molecule has 2 heteroatoms. The normalized spacial score (nSPS) is 11.1. The zero-order valence-corrected chi connectivity index (χ0v) is 35.0. The van der Waals surface area contributed by atoms with Gasteiger partial charge in [-0.05, 0) is 153 Å². The Balaban J connectivity index is 1.23. The maximum absolute atomic E-state index is 2.34. The Kier molecular flexibility index (Phi) is 10.5. The van der Waals surface area contributed by atoms with Crippen LogP contribution < -0.4 is 9.80 Å². The van der Waals surface area contributed by atoms with Crippen molar-refractivity contribution in [2.45, 2.75) is 13.8 Å². The molecule has 0 amide bonds. The molecule has 0 bridgehead atoms. The van der Waals surface area contributed by atoms with Crippen molar-refractivity contribution in [3.63, 3.8) is 0 Å². The smallest absolute Gasteiger partial charge is 0.0464 e. The minimum Gasteiger partial charge on any atom is -0.310 e. The van der Waals surface area contributed by atoms with Crippen LogP contribution in [0.15, 0.2) is 243 Å². The highest BCUT2D eigenvalue weighted by Crippen LogP contribution is 2.51. The fraction of sp³-hybridized carbons (Fsp3) is 0.0333. The Morgan fingerprint density at radius 3 is 0.871 bits per heavy atom. The lowest BCUT2D eigenvalue weighted by molar-refractivity contribution is 1.27. The quantitative estimate of drug-likeness (QED) is 0.136. The van der Waals surface area contributed by atoms with Crippen LogP contribution in [0.1, 0.15) is 11.1 Å². The third kappa shape index (κ3) is 7.44. The second-order valence-electron chi connectivity index (χ2n) is 15.9. The van der Waals surface area contributed by atoms with Crippen LogP contribution in [0.5, 0.6) is 0 Å². The largest absolute Gasteiger partial charge is 0.310 e. The van der Waals surface area contributed by atoms with Gasteiger partial charge in [0.2, 0.25) is 0 Å². The number of aryl methyl sites for hydroxylation is 2. The number of benzene rings is 10. The Labute approximate surface area is 365 Å². The van der Waals surface area contributed by atoms with Crippen LogP contribution in [0.2, 0.25) is 0 Å². The summed E-state index contributed by atoms with van der Waals surface area (Å²) < 4.78 is 0. The van der Waals surface area contributed by atoms with Crippen LogP contribution in [0.3, 0.4) is 0 Å². The van der Waals surface area contributed by atoms with Gasteiger partial charge in [-0.3, -0.25) is 0 Å². The molecule has 0 radical (unpaired) electrons. The average molecular weight is 795 g/mol. The van der Waals surface area contributed by atoms with Crippen molar-refractivity contribution in [2.75, 3.05) is 9.80 Å². The summed E-state index contributed by atoms with van der Waals surface area (Å²) in [5.41, 5.74) is 18.6. The molecule has 0 saturated heterocycles. The second-order valence-corrected chi connectivity index (χ2v) is 15.9. The van der Waals surface area contributed by atoms with Gasteiger partial charge in [-0.25, -0.2) is 0 Å². The summed E-state index contributed by atoms with van der Waals surface area (Å²) in [6.07, 6.45) is 0. The van der Waals surface area contributed by atoms with Gasteiger partial charge in [-0.2, -0.15) is 0 Å². The molecule has 10 aromatic carbocycles. The van der Waals surface area contributed by atoms with E-state index in [1.54, 1.807) is 0 Å². The molecule has 0 saturated carbocycles. The SMILES string of the molecule is Cc1cccc(N(c2ccccc2)c2ccc(-c3c(-c4ccc(N(c5ccccc5)c5cccc(C)c5)cc4)c(-c4ccccc4)c4ccccc4c3-c3ccccc3)cc2)c1. The van der Waals surface area contributed by atoms with E-state index in [9.17, 15) is 0 Å². The zero-order chi connectivity index (χ0) is 41.8. The molecule has 10 aromatic rings. The first-order valence-electron chi connectivity index (χ1n) is 21.3. The van der Waals surface area contributed by atoms with E-state index in [1.807, 2.05) is 0 Å². The predicted octanol–water partition coefficient (Wildman–Crippen LogP) is 17.1. The van der Waals surface area contributed by atoms with Gasteiger partial charge in [0.1, 0.15) is 0 Å². The topological polar surface area (TPSA) is 6.48 Å². The van der Waals surface area contributed by atoms with Crippen LogP contribution >= 0.6 is 0 Å². The number of anilines is 6. The molecule has 296 valence electrons. The average Bonchev–Trinajstić information content (AvgIpc) is 3.33. The van der Waals surface area contributed by atoms with Gasteiger partial charge in [-0.15, -0.1) is 0 Å². The van der Waals surface area contributed by atoms with E-state index in [2.05, 4.69) is 266 Å². The van der Waals surface area contributed by atoms with Crippen molar-refractivity contribution in [2.24, 2.45) is 0 Å². The van der Waals surface area contributed by atoms with Crippen LogP contribution in [0.25, 0.3) is 55.3 Å². The third-order valence-corrected chi connectivity index (χ3v) is 11.7. The lowest BCUT2D eigenvalue weighted by atomic mass is 9.79. The van der Waals surface area contributed by atoms with Crippen molar-refractivity contribution in [3.05, 3.63) is 254 Å². The lowest BCUT2D eigenvalue weighted by Crippen LogP contribution is -2.10. The molecular weight excluding hydrogens is 749 g/mol. The van der Waals surface area contributed by atoms with Crippen molar-refractivity contribution in [1.29, 1.82) is 0 Å². The maximum Gasteiger partial charge on any atom is 0.0464 e. The van der Waals surface area contributed by atoms with Crippen molar-refractivity contribution < 1.29 is 0 Å². The van der Waals surface area contributed by atoms with Gasteiger partial charge < -0.3 is 9.80 Å². The van der Waals surface area contributed by atoms with Crippen molar-refractivity contribution in [1.82, 2.24) is 0 Å². The first-order valence-corrected chi connectivity index (χ1v) is 21.3. The summed E-state index contributed by atoms with van der Waals surface area (Å²) in [4.78, 5) is 4.69. The summed E-state index contributed by atoms with van der Waals surface area (Å²) in [7, 11) is 0. The highest BCUT2D eigenvalue weighted by molar-refractivity contribution is 6.18. The molecule has 10 rings (SSSR count). The van der Waals surface area contributed by atoms with Gasteiger partial charge in [0.15, 0.2) is 0 Å². The van der Waals surface area contributed by atoms with E-state index in [4.69, 9.17) is 0 Å². The summed E-state index contributed by atoms with van der Waals surface area (Å²) in [5, 5.41) is 2.44. The van der Waals surface area contributed by atoms with E-state index in [0.29, 0.717) is 0 Å². The molecule has 2 nitrogen and oxygen atoms in total. The molecule has 0 atom stereocenters. The number of fused-ring (bicyclic) bond motifs is 1. The fourth-order valence-electron chi connectivity index (χ4n) is 8.96. The zero-order valence-electron chi connectivity index (χ0n) is 35.0. The number of nitrogens with zero attached hydrogens (tertiary/aromatic N) is 2. The van der Waals surface area contributed by atoms with E-state index in [0.717, 1.165) is 45.3 Å². The maximum atomic E-state index is 2.34. The van der Waals surface area contributed by atoms with E-state index < -0.39 is 0 Å². The number of hydrogen-bond acceptors (Lipinski definition) is 2. The Morgan fingerprint density at radius 2 is 0.516 bits per heavy atom. The van der Waals surface area contributed by atoms with E-state index in [-0.39, 0.29) is 0 Å². The molecule has 0 N–H and O–H groups in total. The van der Waals surface area contributed by atoms with E-state index >= 15 is 0 Å². The minimum atomic E-state index is 1.10. The van der Waals surface area contributed by atoms with Crippen molar-refractivity contribution in [3.8, 4) is 44.5 Å². The first-order chi connectivity index (χ1) is 30.6. The number of para-hydroxylation sites is 2. The Morgan fingerprint density at radius 1 is 0.226 bits per heavy atom. The molecule has 0 aromatic heterocycles. The molecule has 0 heterocycles. The Bertz CT molecular complexity index is 2890. The highest BCUT2D eigenvalue weighted by atomic mass is 15.1. The summed E-state index contributed by atoms with van der Waals surface area (Å²) >= 11 is 0. The second kappa shape index (κ2) is 17.0. The predicted molar refractivity (Wildman–Crippen MR) is 265 cm³/mol. The molecule has 0 aliphatic carbocycles. The van der Waals surface area contributed by atoms with Gasteiger partial charge in [0, 0.05) is 34.1 Å². The lowest BCUT2D eigenvalue weighted by Gasteiger charge is -2.28. The molecule has 0 aliphatic rings. The van der Waals surface area contributed by atoms with E-state index in [1.165, 1.54) is 55.3 Å². The Hall–Kier alpha value is -7.94. The summed E-state index contributed by atoms with van der Waals surface area (Å²) in [5.74, 6) is 0. The van der Waals surface area contributed by atoms with Crippen LogP contribution in [-0.2, 0) is 0 Å². The highest BCUT2D eigenvalue weighted by Gasteiger charge is 2.25. The summed E-state index contributed by atoms with van der Waals surface area (Å²) in [6, 6.07) is 87.9. The van der Waals surface area contributed by atoms with Crippen LogP contribution in [0.4, 0.5) is 34.1 Å². The van der Waals surface area contributed by atoms with Gasteiger partial charge in [-0.1, -0.05) is 170 Å². The molecular formula is C60H46N2. The molecule has 0 fully saturated rings. The molecule has 0 spiro atoms. The van der Waals surface area contributed by atoms with Gasteiger partial charge in [0.25, 0.3) is 0 Å². The standard InChI is InChI=1S/C60H46N2/c1-43-19-17-29-53(41-43)61(49-25-11-5-12-26-49)51-37-33-47(34-38-51)59-57(45-21-7-3-8-22-45)55-31-15-16-32-56(55)58(46-23-9-4-10-24-46)60(59)48-35-39-52(40-36-48)62(50-27-13-6-14-28-50)54-30-18-20-44(2)42-54/h3-42H,1-2H3. The van der Waals surface area contributed by atoms with Crippen LogP contribution in [0, 0.1) is 13.8 Å². The molecule has 0 aliphatic heterocycles. The minimum absolute atomic E-state index is 1.10. The number of rotatable bonds is 10. The third-order valence-electron chi connectivity index (χ3n) is 11.7. The van der Waals surface area contributed by atoms with Gasteiger partial charge in [0.05, 0.1) is 0 Å². The number of hydrogen-bond donors (Lipinski definition) is 0. The van der Waals surface area contributed by atoms with Crippen molar-refractivity contribution >= 4 is 44.9 Å². The fourth-order valence-corrected chi connectivity index (χ4v) is 8.96. The molecule has 0 unspecified atom stereocenters. The molecule has 62 heavy (non-hydrogen) atoms. The summed E-state index contributed by atoms with van der Waals surface area (Å²) in [6.45, 7) is 4.31. The van der Waals surface area contributed by atoms with Crippen LogP contribution in [-0.4, -0.2) is 0 Å².